The Balaban J connectivity index is 1.82. The number of hydrogen-bond acceptors (Lipinski definition) is 4. The van der Waals surface area contributed by atoms with Gasteiger partial charge in [0, 0.05) is 19.1 Å². The Hall–Kier alpha value is -1.10. The second-order valence-electron chi connectivity index (χ2n) is 7.18. The number of para-hydroxylation sites is 1. The number of benzene rings is 1. The van der Waals surface area contributed by atoms with Crippen LogP contribution in [0, 0.1) is 0 Å². The predicted molar refractivity (Wildman–Crippen MR) is 95.2 cm³/mol. The summed E-state index contributed by atoms with van der Waals surface area (Å²) in [6.07, 6.45) is 2.00. The lowest BCUT2D eigenvalue weighted by Gasteiger charge is -2.36. The summed E-state index contributed by atoms with van der Waals surface area (Å²) in [7, 11) is 4.27. The first-order valence-corrected chi connectivity index (χ1v) is 8.76. The van der Waals surface area contributed by atoms with Crippen LogP contribution in [0.25, 0.3) is 0 Å². The number of aliphatic hydroxyl groups is 1. The van der Waals surface area contributed by atoms with Gasteiger partial charge in [-0.2, -0.15) is 0 Å². The van der Waals surface area contributed by atoms with Gasteiger partial charge in [-0.1, -0.05) is 32.0 Å². The molecule has 1 aliphatic rings. The number of hydrogen-bond donors (Lipinski definition) is 1. The van der Waals surface area contributed by atoms with Crippen molar-refractivity contribution in [2.45, 2.75) is 44.8 Å². The van der Waals surface area contributed by atoms with Crippen LogP contribution in [0.1, 0.15) is 38.2 Å². The Morgan fingerprint density at radius 1 is 1.30 bits per heavy atom. The third kappa shape index (κ3) is 5.48. The summed E-state index contributed by atoms with van der Waals surface area (Å²) in [5.41, 5.74) is 1.20. The molecule has 0 aliphatic carbocycles. The van der Waals surface area contributed by atoms with Crippen molar-refractivity contribution < 1.29 is 9.84 Å². The van der Waals surface area contributed by atoms with Gasteiger partial charge in [0.2, 0.25) is 0 Å². The maximum absolute atomic E-state index is 10.3. The minimum atomic E-state index is -0.448. The van der Waals surface area contributed by atoms with Crippen LogP contribution in [0.5, 0.6) is 5.75 Å². The van der Waals surface area contributed by atoms with Crippen molar-refractivity contribution >= 4 is 0 Å². The molecule has 23 heavy (non-hydrogen) atoms. The lowest BCUT2D eigenvalue weighted by Crippen LogP contribution is -2.48. The average molecular weight is 320 g/mol. The Kier molecular flexibility index (Phi) is 6.88. The minimum Gasteiger partial charge on any atom is -0.491 e. The van der Waals surface area contributed by atoms with Gasteiger partial charge in [-0.05, 0) is 51.0 Å². The Morgan fingerprint density at radius 3 is 2.74 bits per heavy atom. The summed E-state index contributed by atoms with van der Waals surface area (Å²) in [6, 6.07) is 8.70. The molecule has 1 aromatic carbocycles. The molecule has 0 bridgehead atoms. The van der Waals surface area contributed by atoms with Crippen molar-refractivity contribution in [3.05, 3.63) is 29.8 Å². The van der Waals surface area contributed by atoms with E-state index in [2.05, 4.69) is 43.8 Å². The highest BCUT2D eigenvalue weighted by atomic mass is 16.5. The highest BCUT2D eigenvalue weighted by molar-refractivity contribution is 5.35. The van der Waals surface area contributed by atoms with E-state index in [0.29, 0.717) is 25.1 Å². The van der Waals surface area contributed by atoms with Crippen LogP contribution in [-0.4, -0.2) is 67.4 Å². The van der Waals surface area contributed by atoms with E-state index in [1.165, 1.54) is 18.4 Å². The second kappa shape index (κ2) is 8.67. The number of likely N-dealkylation sites (N-methyl/N-ethyl adjacent to an activating group) is 1. The molecule has 0 amide bonds. The Labute approximate surface area is 141 Å². The fourth-order valence-corrected chi connectivity index (χ4v) is 3.24. The molecule has 2 unspecified atom stereocenters. The summed E-state index contributed by atoms with van der Waals surface area (Å²) in [5, 5.41) is 10.3. The van der Waals surface area contributed by atoms with Crippen LogP contribution >= 0.6 is 0 Å². The van der Waals surface area contributed by atoms with E-state index < -0.39 is 6.10 Å². The van der Waals surface area contributed by atoms with E-state index in [0.717, 1.165) is 18.8 Å². The minimum absolute atomic E-state index is 0.354. The van der Waals surface area contributed by atoms with Crippen LogP contribution in [0.2, 0.25) is 0 Å². The molecule has 0 saturated carbocycles. The van der Waals surface area contributed by atoms with Crippen LogP contribution in [0.15, 0.2) is 24.3 Å². The van der Waals surface area contributed by atoms with Gasteiger partial charge >= 0.3 is 0 Å². The monoisotopic (exact) mass is 320 g/mol. The highest BCUT2D eigenvalue weighted by Crippen LogP contribution is 2.26. The topological polar surface area (TPSA) is 35.9 Å². The molecule has 1 N–H and O–H groups in total. The van der Waals surface area contributed by atoms with E-state index in [1.54, 1.807) is 0 Å². The highest BCUT2D eigenvalue weighted by Gasteiger charge is 2.23. The summed E-state index contributed by atoms with van der Waals surface area (Å²) in [4.78, 5) is 4.64. The Bertz CT molecular complexity index is 476. The molecule has 4 nitrogen and oxygen atoms in total. The quantitative estimate of drug-likeness (QED) is 0.838. The van der Waals surface area contributed by atoms with Crippen molar-refractivity contribution in [2.24, 2.45) is 0 Å². The van der Waals surface area contributed by atoms with Crippen LogP contribution in [-0.2, 0) is 0 Å². The lowest BCUT2D eigenvalue weighted by atomic mass is 10.0. The molecular weight excluding hydrogens is 288 g/mol. The molecule has 1 saturated heterocycles. The first kappa shape index (κ1) is 18.2. The van der Waals surface area contributed by atoms with E-state index in [4.69, 9.17) is 4.74 Å². The zero-order valence-electron chi connectivity index (χ0n) is 15.0. The number of ether oxygens (including phenoxy) is 1. The van der Waals surface area contributed by atoms with Gasteiger partial charge in [0.1, 0.15) is 18.5 Å². The van der Waals surface area contributed by atoms with Gasteiger partial charge in [-0.15, -0.1) is 0 Å². The molecule has 0 aromatic heterocycles. The predicted octanol–water partition coefficient (Wildman–Crippen LogP) is 2.58. The number of aliphatic hydroxyl groups excluding tert-OH is 1. The molecule has 0 spiro atoms. The zero-order valence-corrected chi connectivity index (χ0v) is 15.0. The molecular formula is C19H32N2O2. The maximum atomic E-state index is 10.3. The number of rotatable bonds is 7. The fraction of sp³-hybridized carbons (Fsp3) is 0.684. The molecule has 1 aromatic rings. The summed E-state index contributed by atoms with van der Waals surface area (Å²) >= 11 is 0. The molecule has 2 atom stereocenters. The number of nitrogens with zero attached hydrogens (tertiary/aromatic N) is 2. The average Bonchev–Trinajstić information content (AvgIpc) is 2.53. The van der Waals surface area contributed by atoms with Crippen molar-refractivity contribution in [2.75, 3.05) is 40.3 Å². The SMILES string of the molecule is CC(C)c1ccccc1OCC(O)CN1CCCC(N(C)C)C1. The lowest BCUT2D eigenvalue weighted by molar-refractivity contribution is 0.0453. The zero-order chi connectivity index (χ0) is 16.8. The first-order valence-electron chi connectivity index (χ1n) is 8.76. The Morgan fingerprint density at radius 2 is 2.04 bits per heavy atom. The van der Waals surface area contributed by atoms with Gasteiger partial charge in [0.05, 0.1) is 0 Å². The third-order valence-electron chi connectivity index (χ3n) is 4.65. The van der Waals surface area contributed by atoms with Gasteiger partial charge in [-0.3, -0.25) is 4.90 Å². The maximum Gasteiger partial charge on any atom is 0.122 e. The largest absolute Gasteiger partial charge is 0.491 e. The molecule has 1 fully saturated rings. The van der Waals surface area contributed by atoms with Crippen molar-refractivity contribution in [3.63, 3.8) is 0 Å². The van der Waals surface area contributed by atoms with Gasteiger partial charge < -0.3 is 14.7 Å². The van der Waals surface area contributed by atoms with Gasteiger partial charge in [0.15, 0.2) is 0 Å². The molecule has 1 heterocycles. The van der Waals surface area contributed by atoms with Gasteiger partial charge in [0.25, 0.3) is 0 Å². The summed E-state index contributed by atoms with van der Waals surface area (Å²) in [6.45, 7) is 7.47. The molecule has 2 rings (SSSR count). The van der Waals surface area contributed by atoms with E-state index in [1.807, 2.05) is 18.2 Å². The molecule has 130 valence electrons. The number of β-amino-alcohol motifs (C(OH)–C–C–N with tert-alkyl or cyclic N) is 1. The van der Waals surface area contributed by atoms with Crippen molar-refractivity contribution in [1.82, 2.24) is 9.80 Å². The normalized spacial score (nSPS) is 20.9. The van der Waals surface area contributed by atoms with Crippen LogP contribution in [0.4, 0.5) is 0 Å². The standard InChI is InChI=1S/C19H32N2O2/c1-15(2)18-9-5-6-10-19(18)23-14-17(22)13-21-11-7-8-16(12-21)20(3)4/h5-6,9-10,15-17,22H,7-8,11-14H2,1-4H3. The van der Waals surface area contributed by atoms with Crippen LogP contribution in [0.3, 0.4) is 0 Å². The van der Waals surface area contributed by atoms with E-state index in [9.17, 15) is 5.11 Å². The fourth-order valence-electron chi connectivity index (χ4n) is 3.24. The molecule has 4 heteroatoms. The van der Waals surface area contributed by atoms with Crippen LogP contribution < -0.4 is 4.74 Å². The smallest absolute Gasteiger partial charge is 0.122 e. The third-order valence-corrected chi connectivity index (χ3v) is 4.65. The van der Waals surface area contributed by atoms with E-state index in [-0.39, 0.29) is 0 Å². The molecule has 0 radical (unpaired) electrons. The van der Waals surface area contributed by atoms with Gasteiger partial charge in [-0.25, -0.2) is 0 Å². The molecule has 1 aliphatic heterocycles. The van der Waals surface area contributed by atoms with Crippen molar-refractivity contribution in [3.8, 4) is 5.75 Å². The van der Waals surface area contributed by atoms with Crippen molar-refractivity contribution in [1.29, 1.82) is 0 Å². The summed E-state index contributed by atoms with van der Waals surface area (Å²) < 4.78 is 5.89. The second-order valence-corrected chi connectivity index (χ2v) is 7.18. The van der Waals surface area contributed by atoms with E-state index >= 15 is 0 Å². The number of likely N-dealkylation sites (tertiary alicyclic amines) is 1. The summed E-state index contributed by atoms with van der Waals surface area (Å²) in [5.74, 6) is 1.32. The number of piperidine rings is 1. The first-order chi connectivity index (χ1) is 11.0.